The van der Waals surface area contributed by atoms with Crippen LogP contribution in [-0.2, 0) is 14.3 Å². The van der Waals surface area contributed by atoms with Gasteiger partial charge in [-0.25, -0.2) is 0 Å². The zero-order valence-electron chi connectivity index (χ0n) is 16.6. The molecule has 0 spiro atoms. The quantitative estimate of drug-likeness (QED) is 0.132. The molecule has 2 unspecified atom stereocenters. The van der Waals surface area contributed by atoms with E-state index in [-0.39, 0.29) is 18.2 Å². The molecular formula is C22H40O3. The number of hydrogen-bond acceptors (Lipinski definition) is 3. The summed E-state index contributed by atoms with van der Waals surface area (Å²) in [6.45, 7) is 2.28. The number of esters is 1. The van der Waals surface area contributed by atoms with Crippen molar-refractivity contribution in [3.8, 4) is 0 Å². The van der Waals surface area contributed by atoms with Crippen molar-refractivity contribution in [3.63, 3.8) is 0 Å². The third-order valence-electron chi connectivity index (χ3n) is 5.03. The topological polar surface area (TPSA) is 38.8 Å². The summed E-state index contributed by atoms with van der Waals surface area (Å²) >= 11 is 0. The van der Waals surface area contributed by atoms with Gasteiger partial charge in [0.2, 0.25) is 0 Å². The molecule has 1 heterocycles. The molecule has 146 valence electrons. The van der Waals surface area contributed by atoms with Crippen LogP contribution in [0.3, 0.4) is 0 Å². The molecular weight excluding hydrogens is 312 g/mol. The minimum atomic E-state index is -0.144. The summed E-state index contributed by atoms with van der Waals surface area (Å²) in [4.78, 5) is 11.1. The van der Waals surface area contributed by atoms with E-state index in [0.717, 1.165) is 12.8 Å². The van der Waals surface area contributed by atoms with Crippen LogP contribution in [0.4, 0.5) is 0 Å². The zero-order chi connectivity index (χ0) is 18.2. The van der Waals surface area contributed by atoms with E-state index in [1.807, 2.05) is 0 Å². The van der Waals surface area contributed by atoms with Crippen LogP contribution in [0.1, 0.15) is 103 Å². The van der Waals surface area contributed by atoms with Crippen LogP contribution >= 0.6 is 0 Å². The number of allylic oxidation sites excluding steroid dienone is 1. The first-order valence-electron chi connectivity index (χ1n) is 10.7. The summed E-state index contributed by atoms with van der Waals surface area (Å²) in [5, 5.41) is 0. The van der Waals surface area contributed by atoms with Gasteiger partial charge in [0.05, 0.1) is 13.2 Å². The fourth-order valence-electron chi connectivity index (χ4n) is 3.25. The van der Waals surface area contributed by atoms with E-state index >= 15 is 0 Å². The van der Waals surface area contributed by atoms with E-state index in [1.54, 1.807) is 0 Å². The van der Waals surface area contributed by atoms with Gasteiger partial charge < -0.3 is 9.47 Å². The maximum absolute atomic E-state index is 11.1. The third-order valence-corrected chi connectivity index (χ3v) is 5.03. The van der Waals surface area contributed by atoms with Gasteiger partial charge >= 0.3 is 5.97 Å². The Bertz CT molecular complexity index is 351. The Kier molecular flexibility index (Phi) is 13.7. The lowest BCUT2D eigenvalue weighted by Gasteiger charge is -2.02. The predicted molar refractivity (Wildman–Crippen MR) is 105 cm³/mol. The minimum absolute atomic E-state index is 0.144. The van der Waals surface area contributed by atoms with Crippen LogP contribution in [0.25, 0.3) is 0 Å². The molecule has 0 aromatic heterocycles. The molecule has 0 bridgehead atoms. The summed E-state index contributed by atoms with van der Waals surface area (Å²) in [5.74, 6) is -0.144. The monoisotopic (exact) mass is 352 g/mol. The standard InChI is InChI=1S/C22H40O3/c1-3-4-5-6-7-8-9-10-11-12-13-14-15-16-17-20-21(25-20)18-19-22(23)24-2/h16-17,20-21H,3-15,18-19H2,1-2H3/b17-16-. The maximum atomic E-state index is 11.1. The number of carbonyl (C=O) groups is 1. The van der Waals surface area contributed by atoms with Gasteiger partial charge in [0, 0.05) is 6.42 Å². The van der Waals surface area contributed by atoms with E-state index in [1.165, 1.54) is 84.2 Å². The van der Waals surface area contributed by atoms with Gasteiger partial charge in [-0.2, -0.15) is 0 Å². The molecule has 2 atom stereocenters. The highest BCUT2D eigenvalue weighted by Gasteiger charge is 2.36. The summed E-state index contributed by atoms with van der Waals surface area (Å²) in [6, 6.07) is 0. The number of methoxy groups -OCH3 is 1. The van der Waals surface area contributed by atoms with Gasteiger partial charge in [0.25, 0.3) is 0 Å². The molecule has 0 radical (unpaired) electrons. The fourth-order valence-corrected chi connectivity index (χ4v) is 3.25. The molecule has 0 N–H and O–H groups in total. The number of ether oxygens (including phenoxy) is 2. The van der Waals surface area contributed by atoms with Crippen molar-refractivity contribution in [2.45, 2.75) is 115 Å². The van der Waals surface area contributed by atoms with Crippen molar-refractivity contribution >= 4 is 5.97 Å². The zero-order valence-corrected chi connectivity index (χ0v) is 16.6. The number of rotatable bonds is 17. The SMILES string of the molecule is CCCCCCCCCCCCCC/C=C\C1OC1CCC(=O)OC. The molecule has 1 aliphatic rings. The highest BCUT2D eigenvalue weighted by Crippen LogP contribution is 2.28. The first-order chi connectivity index (χ1) is 12.3. The Hall–Kier alpha value is -0.830. The predicted octanol–water partition coefficient (Wildman–Crippen LogP) is 6.35. The maximum Gasteiger partial charge on any atom is 0.305 e. The summed E-state index contributed by atoms with van der Waals surface area (Å²) < 4.78 is 10.2. The summed E-state index contributed by atoms with van der Waals surface area (Å²) in [6.07, 6.45) is 24.0. The Morgan fingerprint density at radius 3 is 2.04 bits per heavy atom. The van der Waals surface area contributed by atoms with Crippen LogP contribution in [0.15, 0.2) is 12.2 Å². The van der Waals surface area contributed by atoms with Crippen LogP contribution < -0.4 is 0 Å². The molecule has 0 aromatic rings. The van der Waals surface area contributed by atoms with Crippen molar-refractivity contribution in [1.29, 1.82) is 0 Å². The second-order valence-electron chi connectivity index (χ2n) is 7.36. The molecule has 0 aliphatic carbocycles. The van der Waals surface area contributed by atoms with Gasteiger partial charge in [-0.15, -0.1) is 0 Å². The smallest absolute Gasteiger partial charge is 0.305 e. The Morgan fingerprint density at radius 2 is 1.48 bits per heavy atom. The largest absolute Gasteiger partial charge is 0.469 e. The Labute approximate surface area is 155 Å². The number of carbonyl (C=O) groups excluding carboxylic acids is 1. The molecule has 1 aliphatic heterocycles. The van der Waals surface area contributed by atoms with E-state index < -0.39 is 0 Å². The number of unbranched alkanes of at least 4 members (excludes halogenated alkanes) is 12. The molecule has 1 fully saturated rings. The molecule has 0 amide bonds. The van der Waals surface area contributed by atoms with Gasteiger partial charge in [-0.1, -0.05) is 89.7 Å². The van der Waals surface area contributed by atoms with E-state index in [0.29, 0.717) is 6.42 Å². The highest BCUT2D eigenvalue weighted by molar-refractivity contribution is 5.69. The lowest BCUT2D eigenvalue weighted by Crippen LogP contribution is -2.02. The van der Waals surface area contributed by atoms with Crippen molar-refractivity contribution in [2.24, 2.45) is 0 Å². The van der Waals surface area contributed by atoms with Crippen LogP contribution in [0.5, 0.6) is 0 Å². The molecule has 3 heteroatoms. The fraction of sp³-hybridized carbons (Fsp3) is 0.864. The average molecular weight is 353 g/mol. The molecule has 0 aromatic carbocycles. The Balaban J connectivity index is 1.77. The van der Waals surface area contributed by atoms with Crippen molar-refractivity contribution in [2.75, 3.05) is 7.11 Å². The second kappa shape index (κ2) is 15.4. The van der Waals surface area contributed by atoms with E-state index in [2.05, 4.69) is 23.8 Å². The van der Waals surface area contributed by atoms with Crippen LogP contribution in [0.2, 0.25) is 0 Å². The number of hydrogen-bond donors (Lipinski definition) is 0. The second-order valence-corrected chi connectivity index (χ2v) is 7.36. The lowest BCUT2D eigenvalue weighted by molar-refractivity contribution is -0.140. The van der Waals surface area contributed by atoms with Crippen LogP contribution in [-0.4, -0.2) is 25.3 Å². The van der Waals surface area contributed by atoms with Gasteiger partial charge in [0.15, 0.2) is 0 Å². The lowest BCUT2D eigenvalue weighted by atomic mass is 10.0. The van der Waals surface area contributed by atoms with Gasteiger partial charge in [-0.05, 0) is 19.3 Å². The first kappa shape index (κ1) is 22.2. The van der Waals surface area contributed by atoms with E-state index in [9.17, 15) is 4.79 Å². The van der Waals surface area contributed by atoms with Gasteiger partial charge in [-0.3, -0.25) is 4.79 Å². The Morgan fingerprint density at radius 1 is 0.920 bits per heavy atom. The molecule has 1 rings (SSSR count). The van der Waals surface area contributed by atoms with Crippen molar-refractivity contribution in [1.82, 2.24) is 0 Å². The van der Waals surface area contributed by atoms with Crippen LogP contribution in [0, 0.1) is 0 Å². The summed E-state index contributed by atoms with van der Waals surface area (Å²) in [7, 11) is 1.43. The van der Waals surface area contributed by atoms with Crippen molar-refractivity contribution < 1.29 is 14.3 Å². The van der Waals surface area contributed by atoms with Crippen molar-refractivity contribution in [3.05, 3.63) is 12.2 Å². The van der Waals surface area contributed by atoms with E-state index in [4.69, 9.17) is 4.74 Å². The third kappa shape index (κ3) is 13.1. The average Bonchev–Trinajstić information content (AvgIpc) is 3.38. The number of epoxide rings is 1. The molecule has 25 heavy (non-hydrogen) atoms. The highest BCUT2D eigenvalue weighted by atomic mass is 16.6. The molecule has 0 saturated carbocycles. The van der Waals surface area contributed by atoms with Gasteiger partial charge in [0.1, 0.15) is 6.10 Å². The molecule has 1 saturated heterocycles. The summed E-state index contributed by atoms with van der Waals surface area (Å²) in [5.41, 5.74) is 0. The minimum Gasteiger partial charge on any atom is -0.469 e. The first-order valence-corrected chi connectivity index (χ1v) is 10.7. The normalized spacial score (nSPS) is 19.4. The molecule has 3 nitrogen and oxygen atoms in total.